The quantitative estimate of drug-likeness (QED) is 0.915. The molecule has 1 aliphatic heterocycles. The van der Waals surface area contributed by atoms with Gasteiger partial charge in [-0.1, -0.05) is 13.0 Å². The fourth-order valence-corrected chi connectivity index (χ4v) is 3.03. The van der Waals surface area contributed by atoms with Gasteiger partial charge in [-0.2, -0.15) is 0 Å². The minimum absolute atomic E-state index is 0.177. The molecule has 1 fully saturated rings. The number of rotatable bonds is 4. The van der Waals surface area contributed by atoms with Crippen LogP contribution in [0.3, 0.4) is 0 Å². The SMILES string of the molecule is CCC1(C(=O)N(C)Cc2cccc(C)n2)CCNCC1. The maximum Gasteiger partial charge on any atom is 0.228 e. The van der Waals surface area contributed by atoms with Crippen molar-refractivity contribution in [1.29, 1.82) is 0 Å². The second kappa shape index (κ2) is 6.35. The van der Waals surface area contributed by atoms with Gasteiger partial charge in [0.25, 0.3) is 0 Å². The van der Waals surface area contributed by atoms with Crippen LogP contribution < -0.4 is 5.32 Å². The van der Waals surface area contributed by atoms with E-state index in [2.05, 4.69) is 17.2 Å². The van der Waals surface area contributed by atoms with Crippen molar-refractivity contribution in [2.24, 2.45) is 5.41 Å². The molecule has 0 aliphatic carbocycles. The molecule has 0 bridgehead atoms. The number of hydrogen-bond donors (Lipinski definition) is 1. The van der Waals surface area contributed by atoms with Gasteiger partial charge in [0.05, 0.1) is 17.7 Å². The zero-order valence-corrected chi connectivity index (χ0v) is 12.8. The zero-order valence-electron chi connectivity index (χ0n) is 12.8. The van der Waals surface area contributed by atoms with Crippen LogP contribution in [0.5, 0.6) is 0 Å². The zero-order chi connectivity index (χ0) is 14.6. The summed E-state index contributed by atoms with van der Waals surface area (Å²) in [4.78, 5) is 19.1. The lowest BCUT2D eigenvalue weighted by Gasteiger charge is -2.38. The first kappa shape index (κ1) is 15.0. The molecule has 1 amide bonds. The first-order valence-electron chi connectivity index (χ1n) is 7.46. The lowest BCUT2D eigenvalue weighted by molar-refractivity contribution is -0.143. The summed E-state index contributed by atoms with van der Waals surface area (Å²) in [6.07, 6.45) is 2.79. The maximum atomic E-state index is 12.8. The Hall–Kier alpha value is -1.42. The third-order valence-corrected chi connectivity index (χ3v) is 4.38. The van der Waals surface area contributed by atoms with Crippen molar-refractivity contribution in [3.63, 3.8) is 0 Å². The monoisotopic (exact) mass is 275 g/mol. The second-order valence-electron chi connectivity index (χ2n) is 5.82. The highest BCUT2D eigenvalue weighted by atomic mass is 16.2. The van der Waals surface area contributed by atoms with E-state index < -0.39 is 0 Å². The fraction of sp³-hybridized carbons (Fsp3) is 0.625. The van der Waals surface area contributed by atoms with Crippen LogP contribution >= 0.6 is 0 Å². The molecule has 2 heterocycles. The van der Waals surface area contributed by atoms with Gasteiger partial charge in [-0.25, -0.2) is 0 Å². The third kappa shape index (κ3) is 3.18. The summed E-state index contributed by atoms with van der Waals surface area (Å²) in [5.74, 6) is 0.268. The fourth-order valence-electron chi connectivity index (χ4n) is 3.03. The molecule has 0 spiro atoms. The van der Waals surface area contributed by atoms with Gasteiger partial charge in [0, 0.05) is 12.7 Å². The van der Waals surface area contributed by atoms with Gasteiger partial charge in [-0.05, 0) is 51.4 Å². The number of aryl methyl sites for hydroxylation is 1. The van der Waals surface area contributed by atoms with Crippen molar-refractivity contribution < 1.29 is 4.79 Å². The van der Waals surface area contributed by atoms with E-state index in [0.717, 1.165) is 43.7 Å². The highest BCUT2D eigenvalue weighted by molar-refractivity contribution is 5.82. The molecule has 1 aromatic rings. The number of nitrogens with one attached hydrogen (secondary N) is 1. The first-order valence-corrected chi connectivity index (χ1v) is 7.46. The van der Waals surface area contributed by atoms with Crippen LogP contribution in [0, 0.1) is 12.3 Å². The van der Waals surface area contributed by atoms with Crippen molar-refractivity contribution in [3.05, 3.63) is 29.6 Å². The molecular weight excluding hydrogens is 250 g/mol. The Kier molecular flexibility index (Phi) is 4.76. The van der Waals surface area contributed by atoms with E-state index in [1.165, 1.54) is 0 Å². The Morgan fingerprint density at radius 2 is 2.10 bits per heavy atom. The molecular formula is C16H25N3O. The number of pyridine rings is 1. The lowest BCUT2D eigenvalue weighted by atomic mass is 9.75. The predicted octanol–water partition coefficient (Wildman–Crippen LogP) is 2.13. The van der Waals surface area contributed by atoms with Crippen LogP contribution in [0.25, 0.3) is 0 Å². The molecule has 0 atom stereocenters. The van der Waals surface area contributed by atoms with Crippen LogP contribution in [0.4, 0.5) is 0 Å². The molecule has 4 nitrogen and oxygen atoms in total. The average Bonchev–Trinajstić information content (AvgIpc) is 2.47. The molecule has 2 rings (SSSR count). The number of carbonyl (C=O) groups is 1. The second-order valence-corrected chi connectivity index (χ2v) is 5.82. The smallest absolute Gasteiger partial charge is 0.228 e. The van der Waals surface area contributed by atoms with Gasteiger partial charge in [0.1, 0.15) is 0 Å². The van der Waals surface area contributed by atoms with Crippen molar-refractivity contribution in [2.45, 2.75) is 39.7 Å². The number of piperidine rings is 1. The Labute approximate surface area is 121 Å². The highest BCUT2D eigenvalue weighted by Crippen LogP contribution is 2.34. The first-order chi connectivity index (χ1) is 9.57. The lowest BCUT2D eigenvalue weighted by Crippen LogP contribution is -2.47. The number of hydrogen-bond acceptors (Lipinski definition) is 3. The highest BCUT2D eigenvalue weighted by Gasteiger charge is 2.39. The predicted molar refractivity (Wildman–Crippen MR) is 80.3 cm³/mol. The Morgan fingerprint density at radius 3 is 2.70 bits per heavy atom. The van der Waals surface area contributed by atoms with E-state index >= 15 is 0 Å². The summed E-state index contributed by atoms with van der Waals surface area (Å²) in [7, 11) is 1.89. The van der Waals surface area contributed by atoms with Gasteiger partial charge in [-0.15, -0.1) is 0 Å². The molecule has 0 aromatic carbocycles. The molecule has 4 heteroatoms. The average molecular weight is 275 g/mol. The number of carbonyl (C=O) groups excluding carboxylic acids is 1. The van der Waals surface area contributed by atoms with Gasteiger partial charge in [-0.3, -0.25) is 9.78 Å². The molecule has 1 aliphatic rings. The molecule has 0 saturated carbocycles. The van der Waals surface area contributed by atoms with Crippen molar-refractivity contribution in [3.8, 4) is 0 Å². The summed E-state index contributed by atoms with van der Waals surface area (Å²) in [6, 6.07) is 5.96. The Balaban J connectivity index is 2.07. The van der Waals surface area contributed by atoms with E-state index in [-0.39, 0.29) is 11.3 Å². The molecule has 1 N–H and O–H groups in total. The number of nitrogens with zero attached hydrogens (tertiary/aromatic N) is 2. The molecule has 0 unspecified atom stereocenters. The van der Waals surface area contributed by atoms with Gasteiger partial charge >= 0.3 is 0 Å². The van der Waals surface area contributed by atoms with E-state index in [1.807, 2.05) is 37.1 Å². The Morgan fingerprint density at radius 1 is 1.40 bits per heavy atom. The van der Waals surface area contributed by atoms with Crippen LogP contribution in [0.2, 0.25) is 0 Å². The molecule has 1 aromatic heterocycles. The van der Waals surface area contributed by atoms with Crippen molar-refractivity contribution >= 4 is 5.91 Å². The third-order valence-electron chi connectivity index (χ3n) is 4.38. The van der Waals surface area contributed by atoms with Gasteiger partial charge < -0.3 is 10.2 Å². The summed E-state index contributed by atoms with van der Waals surface area (Å²) < 4.78 is 0. The minimum Gasteiger partial charge on any atom is -0.339 e. The largest absolute Gasteiger partial charge is 0.339 e. The summed E-state index contributed by atoms with van der Waals surface area (Å²) >= 11 is 0. The topological polar surface area (TPSA) is 45.2 Å². The van der Waals surface area contributed by atoms with Crippen LogP contribution in [-0.2, 0) is 11.3 Å². The van der Waals surface area contributed by atoms with Crippen molar-refractivity contribution in [2.75, 3.05) is 20.1 Å². The van der Waals surface area contributed by atoms with Gasteiger partial charge in [0.2, 0.25) is 5.91 Å². The van der Waals surface area contributed by atoms with E-state index in [1.54, 1.807) is 0 Å². The summed E-state index contributed by atoms with van der Waals surface area (Å²) in [5, 5.41) is 3.34. The van der Waals surface area contributed by atoms with Crippen molar-refractivity contribution in [1.82, 2.24) is 15.2 Å². The van der Waals surface area contributed by atoms with Gasteiger partial charge in [0.15, 0.2) is 0 Å². The van der Waals surface area contributed by atoms with Crippen LogP contribution in [0.15, 0.2) is 18.2 Å². The van der Waals surface area contributed by atoms with E-state index in [0.29, 0.717) is 6.54 Å². The standard InChI is InChI=1S/C16H25N3O/c1-4-16(8-10-17-11-9-16)15(20)19(3)12-14-7-5-6-13(2)18-14/h5-7,17H,4,8-12H2,1-3H3. The summed E-state index contributed by atoms with van der Waals surface area (Å²) in [5.41, 5.74) is 1.78. The summed E-state index contributed by atoms with van der Waals surface area (Å²) in [6.45, 7) is 6.58. The molecule has 110 valence electrons. The van der Waals surface area contributed by atoms with Crippen LogP contribution in [-0.4, -0.2) is 35.9 Å². The molecule has 1 saturated heterocycles. The number of amides is 1. The van der Waals surface area contributed by atoms with Crippen LogP contribution in [0.1, 0.15) is 37.6 Å². The molecule has 0 radical (unpaired) electrons. The Bertz CT molecular complexity index is 467. The minimum atomic E-state index is -0.177. The maximum absolute atomic E-state index is 12.8. The number of aromatic nitrogens is 1. The van der Waals surface area contributed by atoms with E-state index in [4.69, 9.17) is 0 Å². The normalized spacial score (nSPS) is 17.8. The molecule has 20 heavy (non-hydrogen) atoms. The van der Waals surface area contributed by atoms with E-state index in [9.17, 15) is 4.79 Å².